The smallest absolute Gasteiger partial charge is 0.261 e. The summed E-state index contributed by atoms with van der Waals surface area (Å²) in [6.07, 6.45) is 0. The van der Waals surface area contributed by atoms with Gasteiger partial charge in [0, 0.05) is 10.8 Å². The zero-order chi connectivity index (χ0) is 16.6. The van der Waals surface area contributed by atoms with E-state index in [4.69, 9.17) is 0 Å². The predicted octanol–water partition coefficient (Wildman–Crippen LogP) is 4.79. The summed E-state index contributed by atoms with van der Waals surface area (Å²) in [6, 6.07) is 26.1. The molecular formula is C20H15NO2S. The van der Waals surface area contributed by atoms with Crippen molar-refractivity contribution in [3.63, 3.8) is 0 Å². The highest BCUT2D eigenvalue weighted by Crippen LogP contribution is 2.34. The molecule has 0 atom stereocenters. The summed E-state index contributed by atoms with van der Waals surface area (Å²) >= 11 is 0. The standard InChI is InChI=1S/C20H15NO2S/c22-24(23,17-10-2-1-3-11-17)21-20-18-12-6-4-8-15(18)14-16-9-5-7-13-19(16)20/h1-14,21H. The van der Waals surface area contributed by atoms with Gasteiger partial charge in [0.25, 0.3) is 10.0 Å². The number of hydrogen-bond donors (Lipinski definition) is 1. The van der Waals surface area contributed by atoms with Crippen LogP contribution in [0.3, 0.4) is 0 Å². The van der Waals surface area contributed by atoms with Crippen LogP contribution in [0.4, 0.5) is 5.69 Å². The van der Waals surface area contributed by atoms with Crippen LogP contribution in [-0.2, 0) is 10.0 Å². The van der Waals surface area contributed by atoms with Crippen LogP contribution in [0.15, 0.2) is 89.8 Å². The second-order valence-corrected chi connectivity index (χ2v) is 7.29. The number of anilines is 1. The third kappa shape index (κ3) is 2.51. The molecule has 4 aromatic carbocycles. The molecule has 3 nitrogen and oxygen atoms in total. The van der Waals surface area contributed by atoms with E-state index in [1.54, 1.807) is 30.3 Å². The molecule has 0 bridgehead atoms. The summed E-state index contributed by atoms with van der Waals surface area (Å²) < 4.78 is 28.3. The Labute approximate surface area is 140 Å². The van der Waals surface area contributed by atoms with Crippen LogP contribution in [-0.4, -0.2) is 8.42 Å². The van der Waals surface area contributed by atoms with Crippen molar-refractivity contribution in [2.75, 3.05) is 4.72 Å². The van der Waals surface area contributed by atoms with Crippen molar-refractivity contribution in [2.45, 2.75) is 4.90 Å². The minimum Gasteiger partial charge on any atom is -0.278 e. The third-order valence-corrected chi connectivity index (χ3v) is 5.43. The molecule has 0 amide bonds. The van der Waals surface area contributed by atoms with Gasteiger partial charge in [0.1, 0.15) is 0 Å². The summed E-state index contributed by atoms with van der Waals surface area (Å²) in [5.41, 5.74) is 0.618. The van der Waals surface area contributed by atoms with E-state index in [0.717, 1.165) is 21.5 Å². The molecule has 0 saturated heterocycles. The molecular weight excluding hydrogens is 318 g/mol. The van der Waals surface area contributed by atoms with Crippen molar-refractivity contribution in [1.29, 1.82) is 0 Å². The SMILES string of the molecule is O=S(=O)(Nc1c2ccccc2cc2ccccc12)c1ccccc1. The van der Waals surface area contributed by atoms with Crippen LogP contribution >= 0.6 is 0 Å². The highest BCUT2D eigenvalue weighted by molar-refractivity contribution is 7.92. The summed E-state index contributed by atoms with van der Waals surface area (Å²) in [5.74, 6) is 0. The molecule has 1 N–H and O–H groups in total. The number of hydrogen-bond acceptors (Lipinski definition) is 2. The maximum absolute atomic E-state index is 12.8. The van der Waals surface area contributed by atoms with Crippen molar-refractivity contribution < 1.29 is 8.42 Å². The summed E-state index contributed by atoms with van der Waals surface area (Å²) in [7, 11) is -3.65. The number of fused-ring (bicyclic) bond motifs is 2. The van der Waals surface area contributed by atoms with Crippen molar-refractivity contribution in [3.05, 3.63) is 84.9 Å². The fourth-order valence-corrected chi connectivity index (χ4v) is 4.04. The lowest BCUT2D eigenvalue weighted by molar-refractivity contribution is 0.601. The van der Waals surface area contributed by atoms with E-state index in [9.17, 15) is 8.42 Å². The van der Waals surface area contributed by atoms with Gasteiger partial charge in [-0.15, -0.1) is 0 Å². The number of benzene rings is 4. The largest absolute Gasteiger partial charge is 0.278 e. The first-order chi connectivity index (χ1) is 11.6. The lowest BCUT2D eigenvalue weighted by Crippen LogP contribution is -2.13. The quantitative estimate of drug-likeness (QED) is 0.548. The Morgan fingerprint density at radius 3 is 1.71 bits per heavy atom. The van der Waals surface area contributed by atoms with Gasteiger partial charge in [-0.2, -0.15) is 0 Å². The van der Waals surface area contributed by atoms with Gasteiger partial charge in [-0.3, -0.25) is 4.72 Å². The van der Waals surface area contributed by atoms with Gasteiger partial charge in [0.05, 0.1) is 10.6 Å². The fourth-order valence-electron chi connectivity index (χ4n) is 2.92. The van der Waals surface area contributed by atoms with Crippen molar-refractivity contribution in [1.82, 2.24) is 0 Å². The molecule has 0 unspecified atom stereocenters. The zero-order valence-corrected chi connectivity index (χ0v) is 13.6. The van der Waals surface area contributed by atoms with E-state index in [1.165, 1.54) is 0 Å². The van der Waals surface area contributed by atoms with Gasteiger partial charge in [0.15, 0.2) is 0 Å². The van der Waals surface area contributed by atoms with E-state index in [1.807, 2.05) is 48.5 Å². The van der Waals surface area contributed by atoms with Gasteiger partial charge in [-0.1, -0.05) is 66.7 Å². The van der Waals surface area contributed by atoms with E-state index < -0.39 is 10.0 Å². The molecule has 0 heterocycles. The Bertz CT molecular complexity index is 1080. The molecule has 0 aliphatic carbocycles. The van der Waals surface area contributed by atoms with Gasteiger partial charge in [-0.25, -0.2) is 8.42 Å². The van der Waals surface area contributed by atoms with E-state index in [-0.39, 0.29) is 4.90 Å². The van der Waals surface area contributed by atoms with Crippen LogP contribution in [0.2, 0.25) is 0 Å². The average Bonchev–Trinajstić information content (AvgIpc) is 2.62. The second kappa shape index (κ2) is 5.65. The monoisotopic (exact) mass is 333 g/mol. The lowest BCUT2D eigenvalue weighted by atomic mass is 10.0. The average molecular weight is 333 g/mol. The van der Waals surface area contributed by atoms with Crippen LogP contribution in [0.25, 0.3) is 21.5 Å². The zero-order valence-electron chi connectivity index (χ0n) is 12.8. The molecule has 4 heteroatoms. The Kier molecular flexibility index (Phi) is 3.47. The predicted molar refractivity (Wildman–Crippen MR) is 98.7 cm³/mol. The first-order valence-corrected chi connectivity index (χ1v) is 9.12. The molecule has 118 valence electrons. The lowest BCUT2D eigenvalue weighted by Gasteiger charge is -2.14. The molecule has 4 rings (SSSR count). The van der Waals surface area contributed by atoms with Crippen LogP contribution in [0, 0.1) is 0 Å². The Morgan fingerprint density at radius 2 is 1.12 bits per heavy atom. The van der Waals surface area contributed by atoms with Gasteiger partial charge < -0.3 is 0 Å². The minimum atomic E-state index is -3.65. The molecule has 0 fully saturated rings. The topological polar surface area (TPSA) is 46.2 Å². The number of nitrogens with one attached hydrogen (secondary N) is 1. The van der Waals surface area contributed by atoms with E-state index in [2.05, 4.69) is 10.8 Å². The minimum absolute atomic E-state index is 0.252. The molecule has 4 aromatic rings. The van der Waals surface area contributed by atoms with Crippen LogP contribution in [0.1, 0.15) is 0 Å². The third-order valence-electron chi connectivity index (χ3n) is 4.06. The normalized spacial score (nSPS) is 11.7. The Morgan fingerprint density at radius 1 is 0.625 bits per heavy atom. The molecule has 0 aliphatic rings. The molecule has 0 radical (unpaired) electrons. The van der Waals surface area contributed by atoms with Crippen molar-refractivity contribution in [3.8, 4) is 0 Å². The van der Waals surface area contributed by atoms with Crippen LogP contribution in [0.5, 0.6) is 0 Å². The highest BCUT2D eigenvalue weighted by atomic mass is 32.2. The fraction of sp³-hybridized carbons (Fsp3) is 0. The van der Waals surface area contributed by atoms with Gasteiger partial charge >= 0.3 is 0 Å². The summed E-state index contributed by atoms with van der Waals surface area (Å²) in [5, 5.41) is 3.77. The van der Waals surface area contributed by atoms with Crippen molar-refractivity contribution in [2.24, 2.45) is 0 Å². The van der Waals surface area contributed by atoms with Crippen LogP contribution < -0.4 is 4.72 Å². The highest BCUT2D eigenvalue weighted by Gasteiger charge is 2.17. The Balaban J connectivity index is 1.98. The summed E-state index contributed by atoms with van der Waals surface area (Å²) in [4.78, 5) is 0.252. The van der Waals surface area contributed by atoms with E-state index >= 15 is 0 Å². The molecule has 0 aromatic heterocycles. The second-order valence-electron chi connectivity index (χ2n) is 5.61. The maximum Gasteiger partial charge on any atom is 0.261 e. The summed E-state index contributed by atoms with van der Waals surface area (Å²) in [6.45, 7) is 0. The maximum atomic E-state index is 12.8. The Hall–Kier alpha value is -2.85. The van der Waals surface area contributed by atoms with E-state index in [0.29, 0.717) is 5.69 Å². The van der Waals surface area contributed by atoms with Gasteiger partial charge in [-0.05, 0) is 29.0 Å². The number of sulfonamides is 1. The molecule has 0 spiro atoms. The molecule has 24 heavy (non-hydrogen) atoms. The molecule has 0 aliphatic heterocycles. The number of rotatable bonds is 3. The molecule has 0 saturated carbocycles. The van der Waals surface area contributed by atoms with Gasteiger partial charge in [0.2, 0.25) is 0 Å². The first-order valence-electron chi connectivity index (χ1n) is 7.63. The van der Waals surface area contributed by atoms with Crippen molar-refractivity contribution >= 4 is 37.3 Å². The first kappa shape index (κ1) is 14.7.